The van der Waals surface area contributed by atoms with Gasteiger partial charge in [0.1, 0.15) is 11.5 Å². The predicted octanol–water partition coefficient (Wildman–Crippen LogP) is 4.55. The molecule has 0 radical (unpaired) electrons. The van der Waals surface area contributed by atoms with E-state index in [9.17, 15) is 0 Å². The van der Waals surface area contributed by atoms with E-state index >= 15 is 0 Å². The summed E-state index contributed by atoms with van der Waals surface area (Å²) < 4.78 is 6.02. The number of aromatic nitrogens is 1. The first-order chi connectivity index (χ1) is 12.3. The quantitative estimate of drug-likeness (QED) is 0.825. The van der Waals surface area contributed by atoms with Crippen molar-refractivity contribution in [3.8, 4) is 0 Å². The van der Waals surface area contributed by atoms with Crippen molar-refractivity contribution in [3.05, 3.63) is 53.7 Å². The molecule has 142 valence electrons. The number of rotatable bonds is 6. The lowest BCUT2D eigenvalue weighted by Crippen LogP contribution is -2.62. The molecule has 0 aromatic carbocycles. The van der Waals surface area contributed by atoms with Crippen LogP contribution in [-0.4, -0.2) is 27.0 Å². The molecule has 0 unspecified atom stereocenters. The number of hydrogen-bond donors (Lipinski definition) is 1. The van der Waals surface area contributed by atoms with Crippen LogP contribution in [0.1, 0.15) is 64.7 Å². The molecule has 1 fully saturated rings. The third kappa shape index (κ3) is 4.95. The van der Waals surface area contributed by atoms with Crippen molar-refractivity contribution in [2.24, 2.45) is 0 Å². The first kappa shape index (κ1) is 19.1. The molecule has 3 rings (SSSR count). The summed E-state index contributed by atoms with van der Waals surface area (Å²) in [6, 6.07) is 10.9. The maximum absolute atomic E-state index is 6.02. The molecule has 1 aliphatic heterocycles. The van der Waals surface area contributed by atoms with Crippen molar-refractivity contribution in [2.45, 2.75) is 84.1 Å². The zero-order valence-corrected chi connectivity index (χ0v) is 16.9. The molecule has 0 aliphatic carbocycles. The molecule has 2 aromatic rings. The first-order valence-electron chi connectivity index (χ1n) is 9.77. The van der Waals surface area contributed by atoms with Crippen LogP contribution in [0.5, 0.6) is 0 Å². The van der Waals surface area contributed by atoms with E-state index in [1.807, 2.05) is 12.3 Å². The summed E-state index contributed by atoms with van der Waals surface area (Å²) in [5.74, 6) is 2.11. The van der Waals surface area contributed by atoms with Crippen LogP contribution in [0.3, 0.4) is 0 Å². The Hall–Kier alpha value is -1.65. The van der Waals surface area contributed by atoms with Gasteiger partial charge in [-0.1, -0.05) is 13.0 Å². The maximum Gasteiger partial charge on any atom is 0.118 e. The summed E-state index contributed by atoms with van der Waals surface area (Å²) in [4.78, 5) is 7.11. The monoisotopic (exact) mass is 355 g/mol. The minimum Gasteiger partial charge on any atom is -0.465 e. The molecule has 0 saturated carbocycles. The highest BCUT2D eigenvalue weighted by Gasteiger charge is 2.40. The second-order valence-corrected chi connectivity index (χ2v) is 8.90. The van der Waals surface area contributed by atoms with Crippen molar-refractivity contribution >= 4 is 0 Å². The molecule has 3 heterocycles. The average molecular weight is 356 g/mol. The summed E-state index contributed by atoms with van der Waals surface area (Å²) in [6.07, 6.45) is 5.05. The molecule has 2 aromatic heterocycles. The Labute approximate surface area is 158 Å². The Balaban J connectivity index is 1.83. The second kappa shape index (κ2) is 7.53. The fraction of sp³-hybridized carbons (Fsp3) is 0.591. The molecule has 0 amide bonds. The van der Waals surface area contributed by atoms with Gasteiger partial charge in [-0.05, 0) is 64.8 Å². The van der Waals surface area contributed by atoms with Gasteiger partial charge < -0.3 is 9.73 Å². The summed E-state index contributed by atoms with van der Waals surface area (Å²) >= 11 is 0. The smallest absolute Gasteiger partial charge is 0.118 e. The lowest BCUT2D eigenvalue weighted by Gasteiger charge is -2.49. The van der Waals surface area contributed by atoms with E-state index in [2.05, 4.69) is 74.1 Å². The molecular formula is C22H33N3O. The van der Waals surface area contributed by atoms with Crippen LogP contribution >= 0.6 is 0 Å². The van der Waals surface area contributed by atoms with E-state index in [0.717, 1.165) is 49.6 Å². The first-order valence-corrected chi connectivity index (χ1v) is 9.77. The van der Waals surface area contributed by atoms with Crippen LogP contribution in [0.15, 0.2) is 40.9 Å². The molecule has 26 heavy (non-hydrogen) atoms. The Morgan fingerprint density at radius 1 is 1.04 bits per heavy atom. The summed E-state index contributed by atoms with van der Waals surface area (Å²) in [5, 5.41) is 3.79. The van der Waals surface area contributed by atoms with Gasteiger partial charge in [0.2, 0.25) is 0 Å². The molecule has 0 atom stereocenters. The third-order valence-corrected chi connectivity index (χ3v) is 5.20. The van der Waals surface area contributed by atoms with E-state index in [0.29, 0.717) is 6.04 Å². The molecule has 4 nitrogen and oxygen atoms in total. The number of pyridine rings is 1. The fourth-order valence-corrected chi connectivity index (χ4v) is 4.44. The number of furan rings is 1. The third-order valence-electron chi connectivity index (χ3n) is 5.20. The van der Waals surface area contributed by atoms with Gasteiger partial charge in [-0.2, -0.15) is 0 Å². The maximum atomic E-state index is 6.02. The van der Waals surface area contributed by atoms with Gasteiger partial charge in [0.25, 0.3) is 0 Å². The highest BCUT2D eigenvalue weighted by Crippen LogP contribution is 2.33. The molecule has 1 saturated heterocycles. The minimum absolute atomic E-state index is 0.118. The van der Waals surface area contributed by atoms with Gasteiger partial charge in [0.15, 0.2) is 0 Å². The van der Waals surface area contributed by atoms with Gasteiger partial charge >= 0.3 is 0 Å². The Kier molecular flexibility index (Phi) is 5.54. The predicted molar refractivity (Wildman–Crippen MR) is 106 cm³/mol. The largest absolute Gasteiger partial charge is 0.465 e. The molecule has 0 bridgehead atoms. The standard InChI is InChI=1S/C22H33N3O/c1-6-19-10-11-20(26-19)16-25(15-17-9-7-8-12-23-17)18-13-21(2,3)24-22(4,5)14-18/h7-12,18,24H,6,13-16H2,1-5H3. The van der Waals surface area contributed by atoms with Crippen molar-refractivity contribution in [1.29, 1.82) is 0 Å². The summed E-state index contributed by atoms with van der Waals surface area (Å²) in [7, 11) is 0. The summed E-state index contributed by atoms with van der Waals surface area (Å²) in [6.45, 7) is 13.0. The Morgan fingerprint density at radius 2 is 1.73 bits per heavy atom. The Morgan fingerprint density at radius 3 is 2.31 bits per heavy atom. The SMILES string of the molecule is CCc1ccc(CN(Cc2ccccn2)C2CC(C)(C)NC(C)(C)C2)o1. The fourth-order valence-electron chi connectivity index (χ4n) is 4.44. The number of nitrogens with one attached hydrogen (secondary N) is 1. The number of aryl methyl sites for hydroxylation is 1. The molecular weight excluding hydrogens is 322 g/mol. The summed E-state index contributed by atoms with van der Waals surface area (Å²) in [5.41, 5.74) is 1.35. The minimum atomic E-state index is 0.118. The second-order valence-electron chi connectivity index (χ2n) is 8.90. The van der Waals surface area contributed by atoms with Crippen molar-refractivity contribution in [2.75, 3.05) is 0 Å². The van der Waals surface area contributed by atoms with Crippen LogP contribution in [-0.2, 0) is 19.5 Å². The zero-order chi connectivity index (χ0) is 18.8. The van der Waals surface area contributed by atoms with Crippen molar-refractivity contribution in [1.82, 2.24) is 15.2 Å². The number of nitrogens with zero attached hydrogens (tertiary/aromatic N) is 2. The molecule has 4 heteroatoms. The normalized spacial score (nSPS) is 19.8. The highest BCUT2D eigenvalue weighted by molar-refractivity contribution is 5.10. The molecule has 0 spiro atoms. The van der Waals surface area contributed by atoms with Gasteiger partial charge in [0.05, 0.1) is 12.2 Å². The Bertz CT molecular complexity index is 689. The molecule has 1 aliphatic rings. The number of piperidine rings is 1. The van der Waals surface area contributed by atoms with Crippen molar-refractivity contribution in [3.63, 3.8) is 0 Å². The molecule has 1 N–H and O–H groups in total. The average Bonchev–Trinajstić information content (AvgIpc) is 3.00. The van der Waals surface area contributed by atoms with Crippen LogP contribution in [0.25, 0.3) is 0 Å². The van der Waals surface area contributed by atoms with Gasteiger partial charge in [0, 0.05) is 36.3 Å². The van der Waals surface area contributed by atoms with Gasteiger partial charge in [-0.15, -0.1) is 0 Å². The lowest BCUT2D eigenvalue weighted by atomic mass is 9.79. The van der Waals surface area contributed by atoms with E-state index in [1.54, 1.807) is 0 Å². The van der Waals surface area contributed by atoms with E-state index < -0.39 is 0 Å². The number of hydrogen-bond acceptors (Lipinski definition) is 4. The highest BCUT2D eigenvalue weighted by atomic mass is 16.3. The van der Waals surface area contributed by atoms with Crippen LogP contribution in [0.4, 0.5) is 0 Å². The van der Waals surface area contributed by atoms with Crippen LogP contribution in [0.2, 0.25) is 0 Å². The van der Waals surface area contributed by atoms with E-state index in [4.69, 9.17) is 4.42 Å². The van der Waals surface area contributed by atoms with Gasteiger partial charge in [-0.3, -0.25) is 9.88 Å². The van der Waals surface area contributed by atoms with Crippen LogP contribution in [0, 0.1) is 0 Å². The van der Waals surface area contributed by atoms with E-state index in [-0.39, 0.29) is 11.1 Å². The lowest BCUT2D eigenvalue weighted by molar-refractivity contribution is 0.0513. The topological polar surface area (TPSA) is 41.3 Å². The van der Waals surface area contributed by atoms with Crippen molar-refractivity contribution < 1.29 is 4.42 Å². The van der Waals surface area contributed by atoms with Crippen LogP contribution < -0.4 is 5.32 Å². The van der Waals surface area contributed by atoms with Gasteiger partial charge in [-0.25, -0.2) is 0 Å². The van der Waals surface area contributed by atoms with E-state index in [1.165, 1.54) is 0 Å². The zero-order valence-electron chi connectivity index (χ0n) is 16.9.